The lowest BCUT2D eigenvalue weighted by molar-refractivity contribution is -0.134. The summed E-state index contributed by atoms with van der Waals surface area (Å²) in [6.45, 7) is 1.02. The smallest absolute Gasteiger partial charge is 0.226 e. The van der Waals surface area contributed by atoms with Crippen LogP contribution in [0.1, 0.15) is 38.5 Å². The summed E-state index contributed by atoms with van der Waals surface area (Å²) in [6.07, 6.45) is 7.21. The number of carbonyl (C=O) groups excluding carboxylic acids is 1. The minimum absolute atomic E-state index is 0.121. The van der Waals surface area contributed by atoms with Gasteiger partial charge in [0, 0.05) is 12.5 Å². The second-order valence-electron chi connectivity index (χ2n) is 5.65. The van der Waals surface area contributed by atoms with Crippen molar-refractivity contribution in [2.45, 2.75) is 44.6 Å². The van der Waals surface area contributed by atoms with E-state index in [0.29, 0.717) is 23.7 Å². The highest BCUT2D eigenvalue weighted by Crippen LogP contribution is 2.56. The van der Waals surface area contributed by atoms with E-state index in [1.165, 1.54) is 25.7 Å². The van der Waals surface area contributed by atoms with E-state index in [9.17, 15) is 9.90 Å². The molecule has 2 saturated carbocycles. The third-order valence-corrected chi connectivity index (χ3v) is 4.81. The van der Waals surface area contributed by atoms with Gasteiger partial charge in [0.2, 0.25) is 5.91 Å². The highest BCUT2D eigenvalue weighted by molar-refractivity contribution is 5.83. The number of hydrogen-bond donors (Lipinski definition) is 1. The monoisotopic (exact) mass is 223 g/mol. The van der Waals surface area contributed by atoms with Gasteiger partial charge in [-0.05, 0) is 37.5 Å². The first-order valence-corrected chi connectivity index (χ1v) is 6.74. The fourth-order valence-corrected chi connectivity index (χ4v) is 3.87. The molecule has 1 aliphatic heterocycles. The molecule has 1 heterocycles. The second kappa shape index (κ2) is 4.02. The number of carbonyl (C=O) groups is 1. The first kappa shape index (κ1) is 10.6. The van der Waals surface area contributed by atoms with Crippen LogP contribution in [0.25, 0.3) is 0 Å². The van der Waals surface area contributed by atoms with Gasteiger partial charge in [-0.3, -0.25) is 4.79 Å². The van der Waals surface area contributed by atoms with Crippen LogP contribution in [0.3, 0.4) is 0 Å². The molecule has 3 heteroatoms. The van der Waals surface area contributed by atoms with Gasteiger partial charge >= 0.3 is 0 Å². The van der Waals surface area contributed by atoms with Gasteiger partial charge in [0.05, 0.1) is 12.6 Å². The van der Waals surface area contributed by atoms with Crippen LogP contribution in [-0.2, 0) is 4.79 Å². The fourth-order valence-electron chi connectivity index (χ4n) is 3.87. The van der Waals surface area contributed by atoms with E-state index >= 15 is 0 Å². The van der Waals surface area contributed by atoms with Gasteiger partial charge in [0.25, 0.3) is 0 Å². The van der Waals surface area contributed by atoms with Crippen LogP contribution in [0.4, 0.5) is 0 Å². The lowest BCUT2D eigenvalue weighted by atomic mass is 10.0. The van der Waals surface area contributed by atoms with E-state index in [2.05, 4.69) is 0 Å². The Labute approximate surface area is 96.8 Å². The first-order valence-electron chi connectivity index (χ1n) is 6.74. The van der Waals surface area contributed by atoms with Crippen molar-refractivity contribution in [1.82, 2.24) is 4.90 Å². The lowest BCUT2D eigenvalue weighted by Crippen LogP contribution is -2.39. The van der Waals surface area contributed by atoms with Crippen LogP contribution >= 0.6 is 0 Å². The second-order valence-corrected chi connectivity index (χ2v) is 5.65. The maximum atomic E-state index is 12.4. The van der Waals surface area contributed by atoms with Crippen LogP contribution in [0.2, 0.25) is 0 Å². The molecule has 1 amide bonds. The van der Waals surface area contributed by atoms with Crippen LogP contribution in [0.5, 0.6) is 0 Å². The van der Waals surface area contributed by atoms with Crippen molar-refractivity contribution in [3.63, 3.8) is 0 Å². The minimum Gasteiger partial charge on any atom is -0.394 e. The molecule has 0 spiro atoms. The highest BCUT2D eigenvalue weighted by Gasteiger charge is 2.56. The Bertz CT molecular complexity index is 280. The van der Waals surface area contributed by atoms with Crippen molar-refractivity contribution in [3.8, 4) is 0 Å². The number of nitrogens with zero attached hydrogens (tertiary/aromatic N) is 1. The Morgan fingerprint density at radius 2 is 1.81 bits per heavy atom. The van der Waals surface area contributed by atoms with Gasteiger partial charge in [-0.15, -0.1) is 0 Å². The summed E-state index contributed by atoms with van der Waals surface area (Å²) in [5.74, 6) is 2.07. The molecule has 3 atom stereocenters. The SMILES string of the molecule is O=C(C1C2CCCCC21)N1CCC[C@@H]1CO. The van der Waals surface area contributed by atoms with Crippen molar-refractivity contribution in [2.75, 3.05) is 13.2 Å². The summed E-state index contributed by atoms with van der Waals surface area (Å²) in [6, 6.07) is 0.121. The minimum atomic E-state index is 0.121. The Morgan fingerprint density at radius 3 is 2.44 bits per heavy atom. The molecule has 3 aliphatic rings. The van der Waals surface area contributed by atoms with Crippen molar-refractivity contribution < 1.29 is 9.90 Å². The predicted octanol–water partition coefficient (Wildman–Crippen LogP) is 1.41. The highest BCUT2D eigenvalue weighted by atomic mass is 16.3. The van der Waals surface area contributed by atoms with Gasteiger partial charge in [-0.1, -0.05) is 12.8 Å². The number of rotatable bonds is 2. The number of hydrogen-bond acceptors (Lipinski definition) is 2. The molecule has 0 radical (unpaired) electrons. The van der Waals surface area contributed by atoms with E-state index in [4.69, 9.17) is 0 Å². The van der Waals surface area contributed by atoms with Crippen molar-refractivity contribution in [1.29, 1.82) is 0 Å². The summed E-state index contributed by atoms with van der Waals surface area (Å²) >= 11 is 0. The van der Waals surface area contributed by atoms with Crippen molar-refractivity contribution >= 4 is 5.91 Å². The number of amides is 1. The van der Waals surface area contributed by atoms with Crippen molar-refractivity contribution in [2.24, 2.45) is 17.8 Å². The molecule has 2 aliphatic carbocycles. The van der Waals surface area contributed by atoms with Gasteiger partial charge in [0.15, 0.2) is 0 Å². The molecule has 3 nitrogen and oxygen atoms in total. The number of aliphatic hydroxyl groups is 1. The Hall–Kier alpha value is -0.570. The summed E-state index contributed by atoms with van der Waals surface area (Å²) in [5, 5.41) is 9.25. The topological polar surface area (TPSA) is 40.5 Å². The molecule has 1 saturated heterocycles. The average molecular weight is 223 g/mol. The molecular formula is C13H21NO2. The fraction of sp³-hybridized carbons (Fsp3) is 0.923. The third-order valence-electron chi connectivity index (χ3n) is 4.81. The molecule has 0 aromatic rings. The molecule has 0 bridgehead atoms. The molecule has 1 N–H and O–H groups in total. The lowest BCUT2D eigenvalue weighted by Gasteiger charge is -2.23. The molecule has 3 rings (SSSR count). The summed E-state index contributed by atoms with van der Waals surface area (Å²) in [7, 11) is 0. The maximum Gasteiger partial charge on any atom is 0.226 e. The van der Waals surface area contributed by atoms with E-state index in [1.54, 1.807) is 0 Å². The van der Waals surface area contributed by atoms with Gasteiger partial charge < -0.3 is 10.0 Å². The predicted molar refractivity (Wildman–Crippen MR) is 60.8 cm³/mol. The Morgan fingerprint density at radius 1 is 1.12 bits per heavy atom. The average Bonchev–Trinajstić information content (AvgIpc) is 2.84. The third kappa shape index (κ3) is 1.56. The van der Waals surface area contributed by atoms with Crippen molar-refractivity contribution in [3.05, 3.63) is 0 Å². The normalized spacial score (nSPS) is 41.9. The van der Waals surface area contributed by atoms with Gasteiger partial charge in [-0.2, -0.15) is 0 Å². The quantitative estimate of drug-likeness (QED) is 0.769. The summed E-state index contributed by atoms with van der Waals surface area (Å²) in [5.41, 5.74) is 0. The molecule has 90 valence electrons. The summed E-state index contributed by atoms with van der Waals surface area (Å²) < 4.78 is 0. The van der Waals surface area contributed by atoms with Gasteiger partial charge in [0.1, 0.15) is 0 Å². The standard InChI is InChI=1S/C13H21NO2/c15-8-9-4-3-7-14(9)13(16)12-10-5-1-2-6-11(10)12/h9-12,15H,1-8H2/t9-,10?,11?,12?/m1/s1. The Kier molecular flexibility index (Phi) is 2.66. The number of likely N-dealkylation sites (tertiary alicyclic amines) is 1. The van der Waals surface area contributed by atoms with E-state index in [-0.39, 0.29) is 12.6 Å². The van der Waals surface area contributed by atoms with E-state index in [1.807, 2.05) is 4.90 Å². The Balaban J connectivity index is 1.65. The van der Waals surface area contributed by atoms with Crippen LogP contribution in [0.15, 0.2) is 0 Å². The van der Waals surface area contributed by atoms with Crippen LogP contribution in [-0.4, -0.2) is 35.1 Å². The van der Waals surface area contributed by atoms with Gasteiger partial charge in [-0.25, -0.2) is 0 Å². The zero-order valence-electron chi connectivity index (χ0n) is 9.77. The molecule has 16 heavy (non-hydrogen) atoms. The molecule has 2 unspecified atom stereocenters. The number of aliphatic hydroxyl groups excluding tert-OH is 1. The zero-order chi connectivity index (χ0) is 11.1. The molecule has 0 aromatic heterocycles. The molecular weight excluding hydrogens is 202 g/mol. The number of fused-ring (bicyclic) bond motifs is 1. The maximum absolute atomic E-state index is 12.4. The zero-order valence-corrected chi connectivity index (χ0v) is 9.77. The van der Waals surface area contributed by atoms with E-state index in [0.717, 1.165) is 19.4 Å². The first-order chi connectivity index (χ1) is 7.83. The summed E-state index contributed by atoms with van der Waals surface area (Å²) in [4.78, 5) is 14.3. The van der Waals surface area contributed by atoms with Crippen LogP contribution < -0.4 is 0 Å². The van der Waals surface area contributed by atoms with E-state index < -0.39 is 0 Å². The molecule has 3 fully saturated rings. The van der Waals surface area contributed by atoms with Crippen LogP contribution in [0, 0.1) is 17.8 Å². The molecule has 0 aromatic carbocycles. The largest absolute Gasteiger partial charge is 0.394 e.